The second-order valence-corrected chi connectivity index (χ2v) is 2.47. The van der Waals surface area contributed by atoms with Crippen molar-refractivity contribution in [2.24, 2.45) is 12.8 Å². The summed E-state index contributed by atoms with van der Waals surface area (Å²) in [5.74, 6) is 0.228. The average Bonchev–Trinajstić information content (AvgIpc) is 2.31. The van der Waals surface area contributed by atoms with Crippen LogP contribution >= 0.6 is 0 Å². The maximum Gasteiger partial charge on any atom is 0.0909 e. The van der Waals surface area contributed by atoms with Gasteiger partial charge in [0.25, 0.3) is 0 Å². The van der Waals surface area contributed by atoms with Crippen molar-refractivity contribution in [3.05, 3.63) is 18.0 Å². The number of amidine groups is 1. The number of rotatable bonds is 3. The Morgan fingerprint density at radius 1 is 1.82 bits per heavy atom. The zero-order chi connectivity index (χ0) is 8.27. The molecular formula is C7H12N4. The molecule has 0 aliphatic heterocycles. The van der Waals surface area contributed by atoms with Gasteiger partial charge in [0.05, 0.1) is 5.84 Å². The average molecular weight is 152 g/mol. The molecule has 0 saturated carbocycles. The fraction of sp³-hybridized carbons (Fsp3) is 0.429. The lowest BCUT2D eigenvalue weighted by Crippen LogP contribution is -2.11. The molecule has 1 rings (SSSR count). The monoisotopic (exact) mass is 152 g/mol. The van der Waals surface area contributed by atoms with Gasteiger partial charge in [0, 0.05) is 25.4 Å². The second kappa shape index (κ2) is 3.18. The Hall–Kier alpha value is -1.32. The van der Waals surface area contributed by atoms with E-state index in [2.05, 4.69) is 5.10 Å². The van der Waals surface area contributed by atoms with Gasteiger partial charge < -0.3 is 5.73 Å². The zero-order valence-electron chi connectivity index (χ0n) is 6.54. The van der Waals surface area contributed by atoms with Gasteiger partial charge in [0.15, 0.2) is 0 Å². The van der Waals surface area contributed by atoms with Gasteiger partial charge in [-0.05, 0) is 12.5 Å². The summed E-state index contributed by atoms with van der Waals surface area (Å²) in [5.41, 5.74) is 6.32. The molecule has 0 spiro atoms. The van der Waals surface area contributed by atoms with Crippen molar-refractivity contribution in [3.63, 3.8) is 0 Å². The van der Waals surface area contributed by atoms with Gasteiger partial charge in [-0.3, -0.25) is 10.1 Å². The summed E-state index contributed by atoms with van der Waals surface area (Å²) in [5, 5.41) is 11.0. The molecule has 4 heteroatoms. The third kappa shape index (κ3) is 2.07. The Bertz CT molecular complexity index is 251. The van der Waals surface area contributed by atoms with Crippen molar-refractivity contribution < 1.29 is 0 Å². The molecule has 1 aromatic rings. The summed E-state index contributed by atoms with van der Waals surface area (Å²) in [6.45, 7) is 0. The Morgan fingerprint density at radius 2 is 2.55 bits per heavy atom. The van der Waals surface area contributed by atoms with Crippen molar-refractivity contribution in [1.29, 1.82) is 5.41 Å². The van der Waals surface area contributed by atoms with Crippen molar-refractivity contribution in [2.75, 3.05) is 0 Å². The van der Waals surface area contributed by atoms with Gasteiger partial charge in [-0.1, -0.05) is 0 Å². The number of aromatic nitrogens is 2. The molecule has 1 aromatic heterocycles. The lowest BCUT2D eigenvalue weighted by atomic mass is 10.2. The first-order valence-electron chi connectivity index (χ1n) is 3.50. The third-order valence-corrected chi connectivity index (χ3v) is 1.57. The minimum Gasteiger partial charge on any atom is -0.388 e. The van der Waals surface area contributed by atoms with Crippen LogP contribution in [-0.4, -0.2) is 15.6 Å². The Kier molecular flexibility index (Phi) is 2.25. The van der Waals surface area contributed by atoms with E-state index < -0.39 is 0 Å². The quantitative estimate of drug-likeness (QED) is 0.483. The Morgan fingerprint density at radius 3 is 3.00 bits per heavy atom. The maximum atomic E-state index is 7.02. The topological polar surface area (TPSA) is 67.7 Å². The fourth-order valence-corrected chi connectivity index (χ4v) is 0.909. The molecule has 0 aliphatic rings. The van der Waals surface area contributed by atoms with Crippen LogP contribution < -0.4 is 5.73 Å². The van der Waals surface area contributed by atoms with Gasteiger partial charge in [0.1, 0.15) is 0 Å². The Labute approximate surface area is 65.5 Å². The molecule has 3 N–H and O–H groups in total. The summed E-state index contributed by atoms with van der Waals surface area (Å²) >= 11 is 0. The fourth-order valence-electron chi connectivity index (χ4n) is 0.909. The van der Waals surface area contributed by atoms with Gasteiger partial charge in [-0.2, -0.15) is 5.10 Å². The summed E-state index contributed by atoms with van der Waals surface area (Å²) < 4.78 is 1.79. The SMILES string of the molecule is Cn1nccc1CCC(=N)N. The van der Waals surface area contributed by atoms with E-state index in [1.165, 1.54) is 0 Å². The van der Waals surface area contributed by atoms with Gasteiger partial charge in [-0.25, -0.2) is 0 Å². The second-order valence-electron chi connectivity index (χ2n) is 2.47. The number of hydrogen-bond donors (Lipinski definition) is 2. The molecule has 0 aromatic carbocycles. The van der Waals surface area contributed by atoms with Crippen LogP contribution in [0, 0.1) is 5.41 Å². The largest absolute Gasteiger partial charge is 0.388 e. The smallest absolute Gasteiger partial charge is 0.0909 e. The molecule has 60 valence electrons. The van der Waals surface area contributed by atoms with Crippen LogP contribution in [0.15, 0.2) is 12.3 Å². The van der Waals surface area contributed by atoms with Crippen LogP contribution in [0.2, 0.25) is 0 Å². The van der Waals surface area contributed by atoms with Crippen LogP contribution in [-0.2, 0) is 13.5 Å². The van der Waals surface area contributed by atoms with Crippen molar-refractivity contribution in [3.8, 4) is 0 Å². The molecule has 0 saturated heterocycles. The molecule has 0 aliphatic carbocycles. The van der Waals surface area contributed by atoms with E-state index in [1.54, 1.807) is 10.9 Å². The molecule has 0 fully saturated rings. The van der Waals surface area contributed by atoms with Crippen LogP contribution in [0.25, 0.3) is 0 Å². The molecule has 0 atom stereocenters. The molecule has 1 heterocycles. The predicted molar refractivity (Wildman–Crippen MR) is 43.4 cm³/mol. The maximum absolute atomic E-state index is 7.02. The first-order valence-corrected chi connectivity index (χ1v) is 3.50. The van der Waals surface area contributed by atoms with Gasteiger partial charge in [0.2, 0.25) is 0 Å². The third-order valence-electron chi connectivity index (χ3n) is 1.57. The van der Waals surface area contributed by atoms with E-state index in [0.29, 0.717) is 6.42 Å². The highest BCUT2D eigenvalue weighted by atomic mass is 15.2. The highest BCUT2D eigenvalue weighted by Crippen LogP contribution is 1.99. The minimum atomic E-state index is 0.228. The summed E-state index contributed by atoms with van der Waals surface area (Å²) in [4.78, 5) is 0. The van der Waals surface area contributed by atoms with Crippen LogP contribution in [0.4, 0.5) is 0 Å². The van der Waals surface area contributed by atoms with E-state index >= 15 is 0 Å². The molecule has 0 unspecified atom stereocenters. The number of hydrogen-bond acceptors (Lipinski definition) is 2. The van der Waals surface area contributed by atoms with Gasteiger partial charge >= 0.3 is 0 Å². The Balaban J connectivity index is 2.51. The first-order chi connectivity index (χ1) is 5.20. The molecule has 0 radical (unpaired) electrons. The van der Waals surface area contributed by atoms with Crippen LogP contribution in [0.1, 0.15) is 12.1 Å². The van der Waals surface area contributed by atoms with E-state index in [0.717, 1.165) is 12.1 Å². The molecule has 0 bridgehead atoms. The number of nitrogens with two attached hydrogens (primary N) is 1. The van der Waals surface area contributed by atoms with E-state index in [1.807, 2.05) is 13.1 Å². The number of nitrogens with one attached hydrogen (secondary N) is 1. The van der Waals surface area contributed by atoms with Crippen LogP contribution in [0.3, 0.4) is 0 Å². The highest BCUT2D eigenvalue weighted by molar-refractivity contribution is 5.76. The molecule has 4 nitrogen and oxygen atoms in total. The molecule has 0 amide bonds. The van der Waals surface area contributed by atoms with Crippen molar-refractivity contribution >= 4 is 5.84 Å². The van der Waals surface area contributed by atoms with E-state index in [-0.39, 0.29) is 5.84 Å². The minimum absolute atomic E-state index is 0.228. The summed E-state index contributed by atoms with van der Waals surface area (Å²) in [6.07, 6.45) is 3.15. The normalized spacial score (nSPS) is 9.91. The predicted octanol–water partition coefficient (Wildman–Crippen LogP) is 0.289. The summed E-state index contributed by atoms with van der Waals surface area (Å²) in [7, 11) is 1.88. The molecular weight excluding hydrogens is 140 g/mol. The molecule has 11 heavy (non-hydrogen) atoms. The van der Waals surface area contributed by atoms with Crippen LogP contribution in [0.5, 0.6) is 0 Å². The zero-order valence-corrected chi connectivity index (χ0v) is 6.54. The lowest BCUT2D eigenvalue weighted by Gasteiger charge is -1.99. The van der Waals surface area contributed by atoms with E-state index in [9.17, 15) is 0 Å². The number of aryl methyl sites for hydroxylation is 2. The van der Waals surface area contributed by atoms with Crippen molar-refractivity contribution in [1.82, 2.24) is 9.78 Å². The standard InChI is InChI=1S/C7H12N4/c1-11-6(4-5-10-11)2-3-7(8)9/h4-5H,2-3H2,1H3,(H3,8,9). The highest BCUT2D eigenvalue weighted by Gasteiger charge is 1.98. The summed E-state index contributed by atoms with van der Waals surface area (Å²) in [6, 6.07) is 1.93. The first kappa shape index (κ1) is 7.78. The van der Waals surface area contributed by atoms with E-state index in [4.69, 9.17) is 11.1 Å². The van der Waals surface area contributed by atoms with Gasteiger partial charge in [-0.15, -0.1) is 0 Å². The lowest BCUT2D eigenvalue weighted by molar-refractivity contribution is 0.709. The van der Waals surface area contributed by atoms with Crippen molar-refractivity contribution in [2.45, 2.75) is 12.8 Å². The number of nitrogens with zero attached hydrogens (tertiary/aromatic N) is 2.